The number of amides is 2. The van der Waals surface area contributed by atoms with Crippen molar-refractivity contribution in [1.82, 2.24) is 15.1 Å². The van der Waals surface area contributed by atoms with Crippen LogP contribution in [0.15, 0.2) is 30.2 Å². The topological polar surface area (TPSA) is 52.7 Å². The zero-order valence-electron chi connectivity index (χ0n) is 11.4. The van der Waals surface area contributed by atoms with E-state index in [1.165, 1.54) is 11.3 Å². The number of carbonyl (C=O) groups excluding carboxylic acids is 2. The van der Waals surface area contributed by atoms with Crippen LogP contribution in [0.4, 0.5) is 0 Å². The molecule has 2 amide bonds. The van der Waals surface area contributed by atoms with E-state index in [-0.39, 0.29) is 11.8 Å². The number of carbonyl (C=O) groups is 2. The van der Waals surface area contributed by atoms with Gasteiger partial charge in [0.05, 0.1) is 11.4 Å². The fourth-order valence-corrected chi connectivity index (χ4v) is 2.80. The summed E-state index contributed by atoms with van der Waals surface area (Å²) in [5, 5.41) is 4.67. The maximum Gasteiger partial charge on any atom is 0.264 e. The average Bonchev–Trinajstić information content (AvgIpc) is 2.99. The molecule has 1 aliphatic rings. The monoisotopic (exact) mass is 293 g/mol. The molecule has 0 aromatic carbocycles. The van der Waals surface area contributed by atoms with Crippen molar-refractivity contribution in [3.05, 3.63) is 35.0 Å². The van der Waals surface area contributed by atoms with Crippen molar-refractivity contribution in [2.24, 2.45) is 0 Å². The predicted molar refractivity (Wildman–Crippen MR) is 79.9 cm³/mol. The molecule has 1 aromatic rings. The molecule has 0 radical (unpaired) electrons. The van der Waals surface area contributed by atoms with Gasteiger partial charge in [-0.25, -0.2) is 0 Å². The Bertz CT molecular complexity index is 465. The zero-order chi connectivity index (χ0) is 14.4. The van der Waals surface area contributed by atoms with Gasteiger partial charge in [-0.05, 0) is 11.4 Å². The van der Waals surface area contributed by atoms with E-state index in [0.717, 1.165) is 18.0 Å². The van der Waals surface area contributed by atoms with Gasteiger partial charge in [0.25, 0.3) is 5.91 Å². The van der Waals surface area contributed by atoms with Crippen LogP contribution in [0.1, 0.15) is 9.67 Å². The molecule has 2 heterocycles. The summed E-state index contributed by atoms with van der Waals surface area (Å²) in [5.74, 6) is 0.0960. The number of piperazine rings is 1. The molecule has 0 saturated carbocycles. The zero-order valence-corrected chi connectivity index (χ0v) is 12.2. The lowest BCUT2D eigenvalue weighted by molar-refractivity contribution is -0.122. The normalized spacial score (nSPS) is 15.9. The first-order valence-corrected chi connectivity index (χ1v) is 7.51. The van der Waals surface area contributed by atoms with Crippen LogP contribution >= 0.6 is 11.3 Å². The Morgan fingerprint density at radius 2 is 2.10 bits per heavy atom. The predicted octanol–water partition coefficient (Wildman–Crippen LogP) is 0.808. The molecule has 6 heteroatoms. The van der Waals surface area contributed by atoms with E-state index in [9.17, 15) is 9.59 Å². The smallest absolute Gasteiger partial charge is 0.264 e. The van der Waals surface area contributed by atoms with Gasteiger partial charge in [0, 0.05) is 32.7 Å². The molecule has 5 nitrogen and oxygen atoms in total. The largest absolute Gasteiger partial charge is 0.352 e. The number of nitrogens with one attached hydrogen (secondary N) is 1. The van der Waals surface area contributed by atoms with Gasteiger partial charge in [0.1, 0.15) is 0 Å². The summed E-state index contributed by atoms with van der Waals surface area (Å²) >= 11 is 1.47. The highest BCUT2D eigenvalue weighted by molar-refractivity contribution is 7.12. The number of hydrogen-bond acceptors (Lipinski definition) is 4. The van der Waals surface area contributed by atoms with Gasteiger partial charge in [-0.2, -0.15) is 0 Å². The fraction of sp³-hybridized carbons (Fsp3) is 0.429. The highest BCUT2D eigenvalue weighted by Crippen LogP contribution is 2.13. The van der Waals surface area contributed by atoms with Crippen molar-refractivity contribution in [2.45, 2.75) is 0 Å². The van der Waals surface area contributed by atoms with Gasteiger partial charge in [-0.3, -0.25) is 14.5 Å². The van der Waals surface area contributed by atoms with E-state index >= 15 is 0 Å². The van der Waals surface area contributed by atoms with Crippen molar-refractivity contribution in [1.29, 1.82) is 0 Å². The van der Waals surface area contributed by atoms with E-state index < -0.39 is 0 Å². The first kappa shape index (κ1) is 14.7. The highest BCUT2D eigenvalue weighted by Gasteiger charge is 2.23. The Balaban J connectivity index is 1.76. The minimum atomic E-state index is 0.00272. The van der Waals surface area contributed by atoms with E-state index in [2.05, 4.69) is 16.8 Å². The van der Waals surface area contributed by atoms with Crippen molar-refractivity contribution in [2.75, 3.05) is 39.3 Å². The summed E-state index contributed by atoms with van der Waals surface area (Å²) in [5.41, 5.74) is 0. The van der Waals surface area contributed by atoms with Crippen LogP contribution in [0, 0.1) is 0 Å². The van der Waals surface area contributed by atoms with Crippen molar-refractivity contribution in [3.8, 4) is 0 Å². The van der Waals surface area contributed by atoms with Gasteiger partial charge in [0.15, 0.2) is 0 Å². The molecule has 1 saturated heterocycles. The lowest BCUT2D eigenvalue weighted by atomic mass is 10.3. The molecule has 0 spiro atoms. The van der Waals surface area contributed by atoms with Crippen LogP contribution in [0.2, 0.25) is 0 Å². The number of rotatable bonds is 5. The Kier molecular flexibility index (Phi) is 5.31. The van der Waals surface area contributed by atoms with E-state index in [0.29, 0.717) is 26.2 Å². The van der Waals surface area contributed by atoms with Gasteiger partial charge in [0.2, 0.25) is 5.91 Å². The second-order valence-electron chi connectivity index (χ2n) is 4.64. The Morgan fingerprint density at radius 3 is 2.70 bits per heavy atom. The third kappa shape index (κ3) is 3.91. The minimum absolute atomic E-state index is 0.00272. The van der Waals surface area contributed by atoms with Crippen LogP contribution < -0.4 is 5.32 Å². The van der Waals surface area contributed by atoms with Gasteiger partial charge in [-0.15, -0.1) is 17.9 Å². The summed E-state index contributed by atoms with van der Waals surface area (Å²) < 4.78 is 0. The Morgan fingerprint density at radius 1 is 1.35 bits per heavy atom. The Labute approximate surface area is 122 Å². The summed E-state index contributed by atoms with van der Waals surface area (Å²) in [7, 11) is 0. The molecule has 2 rings (SSSR count). The summed E-state index contributed by atoms with van der Waals surface area (Å²) in [4.78, 5) is 28.4. The van der Waals surface area contributed by atoms with Crippen molar-refractivity contribution < 1.29 is 9.59 Å². The van der Waals surface area contributed by atoms with Crippen molar-refractivity contribution in [3.63, 3.8) is 0 Å². The number of hydrogen-bond donors (Lipinski definition) is 1. The van der Waals surface area contributed by atoms with Crippen LogP contribution in [0.3, 0.4) is 0 Å². The maximum atomic E-state index is 12.2. The van der Waals surface area contributed by atoms with Gasteiger partial charge >= 0.3 is 0 Å². The quantitative estimate of drug-likeness (QED) is 0.817. The molecule has 1 fully saturated rings. The molecule has 1 aliphatic heterocycles. The summed E-state index contributed by atoms with van der Waals surface area (Å²) in [6, 6.07) is 3.74. The first-order chi connectivity index (χ1) is 9.70. The molecule has 1 aromatic heterocycles. The molecule has 0 atom stereocenters. The van der Waals surface area contributed by atoms with E-state index in [1.54, 1.807) is 6.08 Å². The van der Waals surface area contributed by atoms with Gasteiger partial charge < -0.3 is 10.2 Å². The van der Waals surface area contributed by atoms with Crippen LogP contribution in [0.25, 0.3) is 0 Å². The standard InChI is InChI=1S/C14H19N3O2S/c1-2-5-15-13(18)11-16-6-8-17(9-7-16)14(19)12-4-3-10-20-12/h2-4,10H,1,5-9,11H2,(H,15,18). The van der Waals surface area contributed by atoms with Crippen LogP contribution in [-0.4, -0.2) is 60.9 Å². The van der Waals surface area contributed by atoms with Crippen molar-refractivity contribution >= 4 is 23.2 Å². The summed E-state index contributed by atoms with van der Waals surface area (Å²) in [6.45, 7) is 7.25. The number of thiophene rings is 1. The first-order valence-electron chi connectivity index (χ1n) is 6.63. The molecule has 1 N–H and O–H groups in total. The Hall–Kier alpha value is -1.66. The van der Waals surface area contributed by atoms with E-state index in [1.807, 2.05) is 22.4 Å². The third-order valence-corrected chi connectivity index (χ3v) is 4.06. The molecule has 0 aliphatic carbocycles. The average molecular weight is 293 g/mol. The second kappa shape index (κ2) is 7.21. The highest BCUT2D eigenvalue weighted by atomic mass is 32.1. The van der Waals surface area contributed by atoms with Crippen LogP contribution in [-0.2, 0) is 4.79 Å². The van der Waals surface area contributed by atoms with E-state index in [4.69, 9.17) is 0 Å². The second-order valence-corrected chi connectivity index (χ2v) is 5.59. The molecular formula is C14H19N3O2S. The van der Waals surface area contributed by atoms with Crippen LogP contribution in [0.5, 0.6) is 0 Å². The molecule has 0 unspecified atom stereocenters. The molecular weight excluding hydrogens is 274 g/mol. The lowest BCUT2D eigenvalue weighted by Crippen LogP contribution is -2.51. The fourth-order valence-electron chi connectivity index (χ4n) is 2.11. The maximum absolute atomic E-state index is 12.2. The minimum Gasteiger partial charge on any atom is -0.352 e. The molecule has 20 heavy (non-hydrogen) atoms. The third-order valence-electron chi connectivity index (χ3n) is 3.20. The number of nitrogens with zero attached hydrogens (tertiary/aromatic N) is 2. The summed E-state index contributed by atoms with van der Waals surface area (Å²) in [6.07, 6.45) is 1.66. The molecule has 108 valence electrons. The molecule has 0 bridgehead atoms. The SMILES string of the molecule is C=CCNC(=O)CN1CCN(C(=O)c2cccs2)CC1. The van der Waals surface area contributed by atoms with Gasteiger partial charge in [-0.1, -0.05) is 12.1 Å². The lowest BCUT2D eigenvalue weighted by Gasteiger charge is -2.34.